The third-order valence-corrected chi connectivity index (χ3v) is 3.73. The van der Waals surface area contributed by atoms with E-state index in [0.717, 1.165) is 46.6 Å². The van der Waals surface area contributed by atoms with Crippen LogP contribution in [0.5, 0.6) is 11.5 Å². The normalized spacial score (nSPS) is 10.1. The molecule has 0 fully saturated rings. The molecule has 22 heavy (non-hydrogen) atoms. The summed E-state index contributed by atoms with van der Waals surface area (Å²) in [5, 5.41) is 0. The molecule has 0 aromatic heterocycles. The van der Waals surface area contributed by atoms with Crippen LogP contribution in [-0.2, 0) is 0 Å². The Morgan fingerprint density at radius 1 is 0.682 bits per heavy atom. The minimum atomic E-state index is 0.860. The van der Waals surface area contributed by atoms with Gasteiger partial charge in [-0.3, -0.25) is 0 Å². The molecule has 0 unspecified atom stereocenters. The fraction of sp³-hybridized carbons (Fsp3) is 0.200. The van der Waals surface area contributed by atoms with Crippen LogP contribution in [0.25, 0.3) is 11.1 Å². The van der Waals surface area contributed by atoms with Crippen LogP contribution in [0.15, 0.2) is 61.7 Å². The highest BCUT2D eigenvalue weighted by Gasteiger charge is 2.04. The van der Waals surface area contributed by atoms with E-state index in [4.69, 9.17) is 9.47 Å². The van der Waals surface area contributed by atoms with Gasteiger partial charge in [0, 0.05) is 0 Å². The molecule has 0 N–H and O–H groups in total. The Balaban J connectivity index is 1.92. The molecule has 0 aliphatic heterocycles. The van der Waals surface area contributed by atoms with Crippen LogP contribution < -0.4 is 9.47 Å². The lowest BCUT2D eigenvalue weighted by atomic mass is 9.97. The van der Waals surface area contributed by atoms with Crippen molar-refractivity contribution in [2.45, 2.75) is 12.8 Å². The van der Waals surface area contributed by atoms with E-state index in [1.54, 1.807) is 14.2 Å². The quantitative estimate of drug-likeness (QED) is 0.698. The van der Waals surface area contributed by atoms with E-state index < -0.39 is 0 Å². The molecule has 2 heteroatoms. The van der Waals surface area contributed by atoms with Gasteiger partial charge in [0.25, 0.3) is 0 Å². The number of hydrogen-bond donors (Lipinski definition) is 0. The van der Waals surface area contributed by atoms with Crippen molar-refractivity contribution in [3.8, 4) is 11.5 Å². The lowest BCUT2D eigenvalue weighted by Crippen LogP contribution is -1.89. The third-order valence-electron chi connectivity index (χ3n) is 3.73. The summed E-state index contributed by atoms with van der Waals surface area (Å²) in [5.41, 5.74) is 4.50. The van der Waals surface area contributed by atoms with Gasteiger partial charge < -0.3 is 9.47 Å². The Labute approximate surface area is 132 Å². The molecule has 0 aliphatic carbocycles. The standard InChI is InChI=1S/C20H22O2/c1-15(17-7-11-19(21-3)12-8-17)5-6-16(2)18-9-13-20(22-4)14-10-18/h7-14H,1-2,5-6H2,3-4H3. The molecule has 0 amide bonds. The highest BCUT2D eigenvalue weighted by molar-refractivity contribution is 5.69. The Morgan fingerprint density at radius 2 is 1.00 bits per heavy atom. The van der Waals surface area contributed by atoms with Gasteiger partial charge in [-0.2, -0.15) is 0 Å². The summed E-state index contributed by atoms with van der Waals surface area (Å²) in [6, 6.07) is 16.0. The van der Waals surface area contributed by atoms with Crippen molar-refractivity contribution in [3.05, 3.63) is 72.8 Å². The Morgan fingerprint density at radius 3 is 1.27 bits per heavy atom. The van der Waals surface area contributed by atoms with E-state index in [2.05, 4.69) is 13.2 Å². The number of methoxy groups -OCH3 is 2. The van der Waals surface area contributed by atoms with Crippen LogP contribution in [0, 0.1) is 0 Å². The zero-order chi connectivity index (χ0) is 15.9. The van der Waals surface area contributed by atoms with E-state index >= 15 is 0 Å². The van der Waals surface area contributed by atoms with Crippen molar-refractivity contribution >= 4 is 11.1 Å². The summed E-state index contributed by atoms with van der Waals surface area (Å²) in [7, 11) is 3.34. The molecule has 2 rings (SSSR count). The monoisotopic (exact) mass is 294 g/mol. The smallest absolute Gasteiger partial charge is 0.118 e. The number of hydrogen-bond acceptors (Lipinski definition) is 2. The maximum Gasteiger partial charge on any atom is 0.118 e. The van der Waals surface area contributed by atoms with Gasteiger partial charge in [0.2, 0.25) is 0 Å². The van der Waals surface area contributed by atoms with E-state index in [0.29, 0.717) is 0 Å². The largest absolute Gasteiger partial charge is 0.497 e. The Bertz CT molecular complexity index is 577. The Kier molecular flexibility index (Phi) is 5.42. The lowest BCUT2D eigenvalue weighted by Gasteiger charge is -2.10. The van der Waals surface area contributed by atoms with Crippen molar-refractivity contribution in [1.29, 1.82) is 0 Å². The number of benzene rings is 2. The molecule has 0 saturated carbocycles. The topological polar surface area (TPSA) is 18.5 Å². The second kappa shape index (κ2) is 7.51. The first kappa shape index (κ1) is 15.9. The van der Waals surface area contributed by atoms with Gasteiger partial charge in [-0.15, -0.1) is 0 Å². The molecular formula is C20H22O2. The predicted molar refractivity (Wildman–Crippen MR) is 93.3 cm³/mol. The third kappa shape index (κ3) is 4.01. The molecule has 2 aromatic carbocycles. The van der Waals surface area contributed by atoms with Crippen LogP contribution in [0.3, 0.4) is 0 Å². The van der Waals surface area contributed by atoms with Gasteiger partial charge in [0.05, 0.1) is 14.2 Å². The molecule has 0 radical (unpaired) electrons. The summed E-state index contributed by atoms with van der Waals surface area (Å²) in [5.74, 6) is 1.72. The average Bonchev–Trinajstić information content (AvgIpc) is 2.59. The first-order valence-electron chi connectivity index (χ1n) is 7.28. The van der Waals surface area contributed by atoms with Gasteiger partial charge in [0.1, 0.15) is 11.5 Å². The minimum Gasteiger partial charge on any atom is -0.497 e. The second-order valence-electron chi connectivity index (χ2n) is 5.16. The summed E-state index contributed by atoms with van der Waals surface area (Å²) < 4.78 is 10.3. The molecule has 0 heterocycles. The molecule has 0 spiro atoms. The van der Waals surface area contributed by atoms with Gasteiger partial charge in [-0.1, -0.05) is 37.4 Å². The van der Waals surface area contributed by atoms with Gasteiger partial charge in [-0.05, 0) is 59.4 Å². The highest BCUT2D eigenvalue weighted by atomic mass is 16.5. The summed E-state index contributed by atoms with van der Waals surface area (Å²) in [6.45, 7) is 8.34. The first-order chi connectivity index (χ1) is 10.6. The van der Waals surface area contributed by atoms with Crippen LogP contribution in [0.4, 0.5) is 0 Å². The fourth-order valence-electron chi connectivity index (χ4n) is 2.24. The van der Waals surface area contributed by atoms with Crippen molar-refractivity contribution < 1.29 is 9.47 Å². The lowest BCUT2D eigenvalue weighted by molar-refractivity contribution is 0.414. The highest BCUT2D eigenvalue weighted by Crippen LogP contribution is 2.26. The zero-order valence-electron chi connectivity index (χ0n) is 13.3. The molecule has 0 bridgehead atoms. The number of rotatable bonds is 7. The SMILES string of the molecule is C=C(CCC(=C)c1ccc(OC)cc1)c1ccc(OC)cc1. The van der Waals surface area contributed by atoms with Crippen LogP contribution in [-0.4, -0.2) is 14.2 Å². The van der Waals surface area contributed by atoms with E-state index in [1.165, 1.54) is 0 Å². The summed E-state index contributed by atoms with van der Waals surface area (Å²) in [4.78, 5) is 0. The van der Waals surface area contributed by atoms with Crippen molar-refractivity contribution in [1.82, 2.24) is 0 Å². The molecule has 0 saturated heterocycles. The average molecular weight is 294 g/mol. The zero-order valence-corrected chi connectivity index (χ0v) is 13.3. The van der Waals surface area contributed by atoms with Gasteiger partial charge in [0.15, 0.2) is 0 Å². The maximum atomic E-state index is 5.17. The van der Waals surface area contributed by atoms with Crippen molar-refractivity contribution in [2.24, 2.45) is 0 Å². The van der Waals surface area contributed by atoms with Gasteiger partial charge in [-0.25, -0.2) is 0 Å². The molecule has 114 valence electrons. The van der Waals surface area contributed by atoms with Crippen LogP contribution in [0.2, 0.25) is 0 Å². The minimum absolute atomic E-state index is 0.860. The van der Waals surface area contributed by atoms with E-state index in [9.17, 15) is 0 Å². The van der Waals surface area contributed by atoms with Crippen molar-refractivity contribution in [3.63, 3.8) is 0 Å². The number of ether oxygens (including phenoxy) is 2. The molecule has 0 aliphatic rings. The summed E-state index contributed by atoms with van der Waals surface area (Å²) >= 11 is 0. The first-order valence-corrected chi connectivity index (χ1v) is 7.28. The Hall–Kier alpha value is -2.48. The fourth-order valence-corrected chi connectivity index (χ4v) is 2.24. The van der Waals surface area contributed by atoms with Gasteiger partial charge >= 0.3 is 0 Å². The molecule has 2 aromatic rings. The molecule has 2 nitrogen and oxygen atoms in total. The predicted octanol–water partition coefficient (Wildman–Crippen LogP) is 5.21. The van der Waals surface area contributed by atoms with Crippen molar-refractivity contribution in [2.75, 3.05) is 14.2 Å². The maximum absolute atomic E-state index is 5.17. The summed E-state index contributed by atoms with van der Waals surface area (Å²) in [6.07, 6.45) is 1.77. The molecule has 0 atom stereocenters. The van der Waals surface area contributed by atoms with E-state index in [1.807, 2.05) is 48.5 Å². The molecular weight excluding hydrogens is 272 g/mol. The number of allylic oxidation sites excluding steroid dienone is 2. The van der Waals surface area contributed by atoms with E-state index in [-0.39, 0.29) is 0 Å². The van der Waals surface area contributed by atoms with Crippen LogP contribution in [0.1, 0.15) is 24.0 Å². The second-order valence-corrected chi connectivity index (χ2v) is 5.16. The van der Waals surface area contributed by atoms with Crippen LogP contribution >= 0.6 is 0 Å².